The molecule has 0 saturated heterocycles. The lowest BCUT2D eigenvalue weighted by atomic mass is 10.4. The van der Waals surface area contributed by atoms with Gasteiger partial charge in [0.05, 0.1) is 21.5 Å². The predicted molar refractivity (Wildman–Crippen MR) is 84.6 cm³/mol. The first-order chi connectivity index (χ1) is 8.83. The van der Waals surface area contributed by atoms with Gasteiger partial charge in [0.2, 0.25) is 0 Å². The van der Waals surface area contributed by atoms with Gasteiger partial charge in [0.15, 0.2) is 0 Å². The highest BCUT2D eigenvalue weighted by molar-refractivity contribution is 8.01. The third kappa shape index (κ3) is 4.01. The smallest absolute Gasteiger partial charge is 0.0835 e. The molecule has 6 N–H and O–H groups in total. The lowest BCUT2D eigenvalue weighted by Gasteiger charge is -1.93. The molecule has 2 aromatic heterocycles. The molecule has 0 aliphatic heterocycles. The Morgan fingerprint density at radius 1 is 0.778 bits per heavy atom. The van der Waals surface area contributed by atoms with Crippen molar-refractivity contribution in [1.82, 2.24) is 0 Å². The van der Waals surface area contributed by atoms with Crippen LogP contribution in [0, 0.1) is 0 Å². The zero-order valence-electron chi connectivity index (χ0n) is 10.2. The third-order valence-corrected chi connectivity index (χ3v) is 7.17. The van der Waals surface area contributed by atoms with Crippen molar-refractivity contribution in [3.63, 3.8) is 0 Å². The van der Waals surface area contributed by atoms with Gasteiger partial charge in [-0.2, -0.15) is 0 Å². The van der Waals surface area contributed by atoms with Crippen LogP contribution in [0.5, 0.6) is 0 Å². The summed E-state index contributed by atoms with van der Waals surface area (Å²) in [7, 11) is 0. The lowest BCUT2D eigenvalue weighted by Crippen LogP contribution is -2.51. The van der Waals surface area contributed by atoms with Gasteiger partial charge in [-0.05, 0) is 24.3 Å². The molecule has 0 radical (unpaired) electrons. The Bertz CT molecular complexity index is 434. The fraction of sp³-hybridized carbons (Fsp3) is 0.333. The zero-order chi connectivity index (χ0) is 12.8. The molecular formula is C12H18N2S4+2. The van der Waals surface area contributed by atoms with Gasteiger partial charge in [0, 0.05) is 21.3 Å². The number of thiophene rings is 2. The summed E-state index contributed by atoms with van der Waals surface area (Å²) in [5.74, 6) is 2.21. The predicted octanol–water partition coefficient (Wildman–Crippen LogP) is 2.14. The normalized spacial score (nSPS) is 11.0. The van der Waals surface area contributed by atoms with Crippen molar-refractivity contribution in [1.29, 1.82) is 0 Å². The average Bonchev–Trinajstić information content (AvgIpc) is 3.02. The first kappa shape index (κ1) is 14.4. The van der Waals surface area contributed by atoms with Crippen LogP contribution in [-0.4, -0.2) is 24.6 Å². The lowest BCUT2D eigenvalue weighted by molar-refractivity contribution is -0.360. The molecule has 0 aliphatic carbocycles. The Labute approximate surface area is 124 Å². The standard InChI is InChI=1S/C12H16N2S4/c13-5-7-15-11-3-1-9(17-11)10-2-4-12(18-10)16-8-6-14/h1-4H,5-8,13-14H2/p+2. The van der Waals surface area contributed by atoms with Crippen molar-refractivity contribution in [2.24, 2.45) is 0 Å². The molecule has 0 aromatic carbocycles. The second kappa shape index (κ2) is 7.57. The number of quaternary nitrogens is 2. The fourth-order valence-corrected chi connectivity index (χ4v) is 5.50. The van der Waals surface area contributed by atoms with E-state index in [0.717, 1.165) is 24.6 Å². The van der Waals surface area contributed by atoms with Gasteiger partial charge in [-0.1, -0.05) is 0 Å². The molecule has 2 heterocycles. The molecule has 0 atom stereocenters. The Kier molecular flexibility index (Phi) is 6.07. The summed E-state index contributed by atoms with van der Waals surface area (Å²) in [6.45, 7) is 1.98. The second-order valence-corrected chi connectivity index (χ2v) is 8.60. The number of hydrogen-bond donors (Lipinski definition) is 2. The summed E-state index contributed by atoms with van der Waals surface area (Å²) in [4.78, 5) is 2.76. The minimum absolute atomic E-state index is 0.989. The summed E-state index contributed by atoms with van der Waals surface area (Å²) in [5.41, 5.74) is 7.75. The van der Waals surface area contributed by atoms with Crippen molar-refractivity contribution in [2.75, 3.05) is 24.6 Å². The Morgan fingerprint density at radius 3 is 1.61 bits per heavy atom. The van der Waals surface area contributed by atoms with Gasteiger partial charge in [0.25, 0.3) is 0 Å². The summed E-state index contributed by atoms with van der Waals surface area (Å²) in [6, 6.07) is 8.92. The first-order valence-electron chi connectivity index (χ1n) is 5.87. The molecule has 0 saturated carbocycles. The maximum atomic E-state index is 3.88. The van der Waals surface area contributed by atoms with Gasteiger partial charge in [0.1, 0.15) is 0 Å². The van der Waals surface area contributed by atoms with E-state index in [1.807, 2.05) is 46.2 Å². The van der Waals surface area contributed by atoms with Crippen molar-refractivity contribution in [3.05, 3.63) is 24.3 Å². The van der Waals surface area contributed by atoms with Crippen LogP contribution in [0.3, 0.4) is 0 Å². The number of thioether (sulfide) groups is 2. The summed E-state index contributed by atoms with van der Waals surface area (Å²) in [6.07, 6.45) is 0. The van der Waals surface area contributed by atoms with E-state index < -0.39 is 0 Å². The van der Waals surface area contributed by atoms with Crippen molar-refractivity contribution in [3.8, 4) is 9.75 Å². The number of hydrogen-bond acceptors (Lipinski definition) is 4. The molecule has 18 heavy (non-hydrogen) atoms. The first-order valence-corrected chi connectivity index (χ1v) is 9.48. The molecule has 0 fully saturated rings. The van der Waals surface area contributed by atoms with Crippen molar-refractivity contribution >= 4 is 46.2 Å². The quantitative estimate of drug-likeness (QED) is 0.769. The second-order valence-electron chi connectivity index (χ2n) is 3.64. The van der Waals surface area contributed by atoms with E-state index in [-0.39, 0.29) is 0 Å². The molecule has 0 aliphatic rings. The van der Waals surface area contributed by atoms with E-state index in [1.165, 1.54) is 18.2 Å². The molecular weight excluding hydrogens is 300 g/mol. The van der Waals surface area contributed by atoms with E-state index >= 15 is 0 Å². The van der Waals surface area contributed by atoms with Crippen LogP contribution in [0.25, 0.3) is 9.75 Å². The molecule has 0 bridgehead atoms. The molecule has 2 rings (SSSR count). The molecule has 2 aromatic rings. The van der Waals surface area contributed by atoms with Gasteiger partial charge in [-0.25, -0.2) is 0 Å². The van der Waals surface area contributed by atoms with Crippen LogP contribution in [0.2, 0.25) is 0 Å². The highest BCUT2D eigenvalue weighted by Gasteiger charge is 2.07. The highest BCUT2D eigenvalue weighted by Crippen LogP contribution is 2.39. The topological polar surface area (TPSA) is 55.3 Å². The largest absolute Gasteiger partial charge is 0.357 e. The maximum absolute atomic E-state index is 3.88. The van der Waals surface area contributed by atoms with Gasteiger partial charge < -0.3 is 11.5 Å². The molecule has 0 amide bonds. The molecule has 98 valence electrons. The molecule has 0 spiro atoms. The van der Waals surface area contributed by atoms with E-state index in [9.17, 15) is 0 Å². The zero-order valence-corrected chi connectivity index (χ0v) is 13.5. The number of rotatable bonds is 7. The van der Waals surface area contributed by atoms with Gasteiger partial charge >= 0.3 is 0 Å². The van der Waals surface area contributed by atoms with E-state index in [2.05, 4.69) is 35.7 Å². The van der Waals surface area contributed by atoms with Crippen LogP contribution in [-0.2, 0) is 0 Å². The van der Waals surface area contributed by atoms with Crippen molar-refractivity contribution < 1.29 is 11.5 Å². The van der Waals surface area contributed by atoms with Gasteiger partial charge in [-0.15, -0.1) is 46.2 Å². The Morgan fingerprint density at radius 2 is 1.22 bits per heavy atom. The monoisotopic (exact) mass is 318 g/mol. The van der Waals surface area contributed by atoms with Crippen LogP contribution in [0.4, 0.5) is 0 Å². The van der Waals surface area contributed by atoms with E-state index in [1.54, 1.807) is 0 Å². The Balaban J connectivity index is 2.01. The molecule has 6 heteroatoms. The van der Waals surface area contributed by atoms with Gasteiger partial charge in [-0.3, -0.25) is 0 Å². The minimum atomic E-state index is 0.989. The summed E-state index contributed by atoms with van der Waals surface area (Å²) >= 11 is 7.58. The fourth-order valence-electron chi connectivity index (χ4n) is 1.41. The SMILES string of the molecule is [NH3+]CCSc1ccc(-c2ccc(SCC[NH3+])s2)s1. The van der Waals surface area contributed by atoms with E-state index in [0.29, 0.717) is 0 Å². The molecule has 2 nitrogen and oxygen atoms in total. The highest BCUT2D eigenvalue weighted by atomic mass is 32.2. The van der Waals surface area contributed by atoms with Crippen LogP contribution in [0.1, 0.15) is 0 Å². The van der Waals surface area contributed by atoms with E-state index in [4.69, 9.17) is 0 Å². The average molecular weight is 319 g/mol. The summed E-state index contributed by atoms with van der Waals surface area (Å²) in [5, 5.41) is 0. The van der Waals surface area contributed by atoms with Crippen molar-refractivity contribution in [2.45, 2.75) is 8.42 Å². The summed E-state index contributed by atoms with van der Waals surface area (Å²) < 4.78 is 2.79. The Hall–Kier alpha value is 0.0200. The van der Waals surface area contributed by atoms with Crippen LogP contribution in [0.15, 0.2) is 32.7 Å². The molecule has 0 unspecified atom stereocenters. The third-order valence-electron chi connectivity index (χ3n) is 2.18. The van der Waals surface area contributed by atoms with Crippen LogP contribution < -0.4 is 11.5 Å². The minimum Gasteiger partial charge on any atom is -0.357 e. The van der Waals surface area contributed by atoms with Crippen LogP contribution >= 0.6 is 46.2 Å². The maximum Gasteiger partial charge on any atom is 0.0835 e.